The van der Waals surface area contributed by atoms with Crippen molar-refractivity contribution in [2.24, 2.45) is 0 Å². The molecular formula is C5H9NO7S. The zero-order chi connectivity index (χ0) is 11.4. The summed E-state index contributed by atoms with van der Waals surface area (Å²) in [5.74, 6) is -2.92. The van der Waals surface area contributed by atoms with Crippen molar-refractivity contribution in [3.05, 3.63) is 0 Å². The highest BCUT2D eigenvalue weighted by Gasteiger charge is 2.35. The number of hydrogen-bond acceptors (Lipinski definition) is 6. The molecular weight excluding hydrogens is 218 g/mol. The third kappa shape index (κ3) is 4.16. The average Bonchev–Trinajstić information content (AvgIpc) is 1.98. The number of carbonyl (C=O) groups is 2. The van der Waals surface area contributed by atoms with Gasteiger partial charge in [-0.25, -0.2) is 4.79 Å². The number of carboxylic acids is 1. The van der Waals surface area contributed by atoms with Crippen LogP contribution in [0.1, 0.15) is 6.42 Å². The van der Waals surface area contributed by atoms with E-state index in [-0.39, 0.29) is 0 Å². The Labute approximate surface area is 79.6 Å². The number of hydrogen-bond donors (Lipinski definition) is 3. The van der Waals surface area contributed by atoms with Gasteiger partial charge in [-0.15, -0.1) is 0 Å². The molecule has 0 heterocycles. The van der Waals surface area contributed by atoms with Crippen LogP contribution in [0.25, 0.3) is 0 Å². The van der Waals surface area contributed by atoms with Gasteiger partial charge in [0, 0.05) is 7.05 Å². The third-order valence-electron chi connectivity index (χ3n) is 1.19. The van der Waals surface area contributed by atoms with Crippen LogP contribution in [0.2, 0.25) is 0 Å². The van der Waals surface area contributed by atoms with Crippen LogP contribution < -0.4 is 5.48 Å². The first-order valence-corrected chi connectivity index (χ1v) is 4.85. The maximum absolute atomic E-state index is 10.8. The number of hydroxylamine groups is 1. The fourth-order valence-corrected chi connectivity index (χ4v) is 1.28. The standard InChI is InChI=1S/C5H9NO7S/c1-6-13-5(9)3(2-4(7)8)14(10,11)12/h3,6H,2H2,1H3,(H,7,8)(H,10,11,12). The van der Waals surface area contributed by atoms with Crippen molar-refractivity contribution in [2.75, 3.05) is 7.05 Å². The van der Waals surface area contributed by atoms with Crippen molar-refractivity contribution in [3.63, 3.8) is 0 Å². The molecule has 8 nitrogen and oxygen atoms in total. The minimum atomic E-state index is -4.78. The number of rotatable bonds is 5. The summed E-state index contributed by atoms with van der Waals surface area (Å²) >= 11 is 0. The first kappa shape index (κ1) is 12.8. The smallest absolute Gasteiger partial charge is 0.346 e. The van der Waals surface area contributed by atoms with Crippen molar-refractivity contribution >= 4 is 22.1 Å². The van der Waals surface area contributed by atoms with E-state index in [0.29, 0.717) is 0 Å². The summed E-state index contributed by atoms with van der Waals surface area (Å²) in [5.41, 5.74) is 1.88. The Morgan fingerprint density at radius 3 is 2.29 bits per heavy atom. The van der Waals surface area contributed by atoms with E-state index in [1.165, 1.54) is 7.05 Å². The molecule has 0 amide bonds. The predicted molar refractivity (Wildman–Crippen MR) is 42.7 cm³/mol. The van der Waals surface area contributed by atoms with Gasteiger partial charge in [0.15, 0.2) is 5.25 Å². The first-order chi connectivity index (χ1) is 6.29. The molecule has 0 spiro atoms. The van der Waals surface area contributed by atoms with Gasteiger partial charge < -0.3 is 9.94 Å². The zero-order valence-electron chi connectivity index (χ0n) is 7.13. The molecule has 0 aliphatic heterocycles. The van der Waals surface area contributed by atoms with Crippen LogP contribution in [0.3, 0.4) is 0 Å². The Balaban J connectivity index is 4.74. The molecule has 0 saturated carbocycles. The maximum Gasteiger partial charge on any atom is 0.346 e. The molecule has 1 unspecified atom stereocenters. The fourth-order valence-electron chi connectivity index (χ4n) is 0.635. The fraction of sp³-hybridized carbons (Fsp3) is 0.600. The van der Waals surface area contributed by atoms with Crippen LogP contribution in [-0.2, 0) is 24.5 Å². The first-order valence-electron chi connectivity index (χ1n) is 3.34. The van der Waals surface area contributed by atoms with Gasteiger partial charge in [0.1, 0.15) is 0 Å². The predicted octanol–water partition coefficient (Wildman–Crippen LogP) is -1.60. The van der Waals surface area contributed by atoms with E-state index in [0.717, 1.165) is 0 Å². The summed E-state index contributed by atoms with van der Waals surface area (Å²) in [4.78, 5) is 25.0. The molecule has 82 valence electrons. The topological polar surface area (TPSA) is 130 Å². The zero-order valence-corrected chi connectivity index (χ0v) is 7.94. The summed E-state index contributed by atoms with van der Waals surface area (Å²) in [6.07, 6.45) is -1.06. The molecule has 0 bridgehead atoms. The molecule has 0 aromatic carbocycles. The molecule has 0 aliphatic carbocycles. The molecule has 0 aromatic rings. The second-order valence-corrected chi connectivity index (χ2v) is 3.83. The largest absolute Gasteiger partial charge is 0.481 e. The van der Waals surface area contributed by atoms with Crippen LogP contribution in [0.5, 0.6) is 0 Å². The Morgan fingerprint density at radius 1 is 1.50 bits per heavy atom. The highest BCUT2D eigenvalue weighted by Crippen LogP contribution is 2.06. The van der Waals surface area contributed by atoms with Gasteiger partial charge >= 0.3 is 11.9 Å². The lowest BCUT2D eigenvalue weighted by molar-refractivity contribution is -0.152. The number of nitrogens with one attached hydrogen (secondary N) is 1. The van der Waals surface area contributed by atoms with Crippen molar-refractivity contribution < 1.29 is 32.5 Å². The van der Waals surface area contributed by atoms with Gasteiger partial charge in [-0.2, -0.15) is 13.9 Å². The summed E-state index contributed by atoms with van der Waals surface area (Å²) in [6.45, 7) is 0. The molecule has 0 aromatic heterocycles. The molecule has 14 heavy (non-hydrogen) atoms. The maximum atomic E-state index is 10.8. The van der Waals surface area contributed by atoms with Crippen LogP contribution in [0.4, 0.5) is 0 Å². The minimum absolute atomic E-state index is 1.06. The highest BCUT2D eigenvalue weighted by molar-refractivity contribution is 7.87. The Kier molecular flexibility index (Phi) is 4.47. The lowest BCUT2D eigenvalue weighted by Crippen LogP contribution is -2.36. The highest BCUT2D eigenvalue weighted by atomic mass is 32.2. The van der Waals surface area contributed by atoms with Gasteiger partial charge in [0.2, 0.25) is 0 Å². The lowest BCUT2D eigenvalue weighted by atomic mass is 10.3. The quantitative estimate of drug-likeness (QED) is 0.378. The summed E-state index contributed by atoms with van der Waals surface area (Å²) < 4.78 is 29.6. The molecule has 0 fully saturated rings. The second kappa shape index (κ2) is 4.88. The molecule has 0 aliphatic rings. The van der Waals surface area contributed by atoms with E-state index in [1.54, 1.807) is 0 Å². The summed E-state index contributed by atoms with van der Waals surface area (Å²) in [7, 11) is -3.60. The molecule has 0 radical (unpaired) electrons. The van der Waals surface area contributed by atoms with Gasteiger partial charge in [0.05, 0.1) is 6.42 Å². The molecule has 1 atom stereocenters. The van der Waals surface area contributed by atoms with Crippen molar-refractivity contribution in [2.45, 2.75) is 11.7 Å². The monoisotopic (exact) mass is 227 g/mol. The van der Waals surface area contributed by atoms with Crippen molar-refractivity contribution in [1.29, 1.82) is 0 Å². The molecule has 0 rings (SSSR count). The number of carbonyl (C=O) groups excluding carboxylic acids is 1. The van der Waals surface area contributed by atoms with Crippen LogP contribution in [0, 0.1) is 0 Å². The van der Waals surface area contributed by atoms with E-state index in [4.69, 9.17) is 9.66 Å². The van der Waals surface area contributed by atoms with Crippen LogP contribution >= 0.6 is 0 Å². The second-order valence-electron chi connectivity index (χ2n) is 2.23. The van der Waals surface area contributed by atoms with Crippen molar-refractivity contribution in [3.8, 4) is 0 Å². The van der Waals surface area contributed by atoms with Gasteiger partial charge in [-0.3, -0.25) is 9.35 Å². The molecule has 9 heteroatoms. The third-order valence-corrected chi connectivity index (χ3v) is 2.26. The average molecular weight is 227 g/mol. The van der Waals surface area contributed by atoms with E-state index in [9.17, 15) is 18.0 Å². The van der Waals surface area contributed by atoms with Crippen molar-refractivity contribution in [1.82, 2.24) is 5.48 Å². The number of carboxylic acid groups (broad SMARTS) is 1. The minimum Gasteiger partial charge on any atom is -0.481 e. The SMILES string of the molecule is CNOC(=O)C(CC(=O)O)S(=O)(=O)O. The van der Waals surface area contributed by atoms with E-state index in [2.05, 4.69) is 4.84 Å². The molecule has 3 N–H and O–H groups in total. The van der Waals surface area contributed by atoms with Crippen LogP contribution in [-0.4, -0.2) is 42.3 Å². The van der Waals surface area contributed by atoms with Gasteiger partial charge in [-0.1, -0.05) is 0 Å². The number of aliphatic carboxylic acids is 1. The van der Waals surface area contributed by atoms with Gasteiger partial charge in [0.25, 0.3) is 10.1 Å². The Hall–Kier alpha value is -1.19. The summed E-state index contributed by atoms with van der Waals surface area (Å²) in [6, 6.07) is 0. The lowest BCUT2D eigenvalue weighted by Gasteiger charge is -2.09. The van der Waals surface area contributed by atoms with E-state index < -0.39 is 33.7 Å². The van der Waals surface area contributed by atoms with E-state index in [1.807, 2.05) is 5.48 Å². The Morgan fingerprint density at radius 2 is 2.00 bits per heavy atom. The van der Waals surface area contributed by atoms with E-state index >= 15 is 0 Å². The van der Waals surface area contributed by atoms with Gasteiger partial charge in [-0.05, 0) is 0 Å². The van der Waals surface area contributed by atoms with Crippen LogP contribution in [0.15, 0.2) is 0 Å². The summed E-state index contributed by atoms with van der Waals surface area (Å²) in [5, 5.41) is 6.14. The Bertz CT molecular complexity index is 321. The molecule has 0 saturated heterocycles. The normalized spacial score (nSPS) is 13.3.